The molecule has 0 unspecified atom stereocenters. The minimum atomic E-state index is 0. The smallest absolute Gasteiger partial charge is 0.0836 e. The van der Waals surface area contributed by atoms with Crippen LogP contribution in [-0.2, 0) is 6.42 Å². The van der Waals surface area contributed by atoms with E-state index in [0.717, 1.165) is 4.48 Å². The highest BCUT2D eigenvalue weighted by molar-refractivity contribution is 5.30. The summed E-state index contributed by atoms with van der Waals surface area (Å²) in [5, 5.41) is 0. The van der Waals surface area contributed by atoms with Gasteiger partial charge in [0.1, 0.15) is 0 Å². The summed E-state index contributed by atoms with van der Waals surface area (Å²) < 4.78 is 2.29. The average molecular weight is 574 g/mol. The molecule has 2 nitrogen and oxygen atoms in total. The van der Waals surface area contributed by atoms with Gasteiger partial charge in [-0.05, 0) is 50.7 Å². The van der Waals surface area contributed by atoms with E-state index in [1.165, 1.54) is 151 Å². The van der Waals surface area contributed by atoms with Crippen LogP contribution >= 0.6 is 0 Å². The molecule has 0 saturated carbocycles. The second kappa shape index (κ2) is 23.4. The van der Waals surface area contributed by atoms with Crippen molar-refractivity contribution in [2.45, 2.75) is 129 Å². The summed E-state index contributed by atoms with van der Waals surface area (Å²) in [6.07, 6.45) is 25.7. The number of rotatable bonds is 23. The summed E-state index contributed by atoms with van der Waals surface area (Å²) in [5.74, 6) is 0. The summed E-state index contributed by atoms with van der Waals surface area (Å²) in [7, 11) is 11.8. The van der Waals surface area contributed by atoms with Crippen molar-refractivity contribution in [3.8, 4) is 0 Å². The fourth-order valence-corrected chi connectivity index (χ4v) is 5.54. The molecule has 4 heteroatoms. The molecule has 0 heterocycles. The number of nitrogens with zero attached hydrogens (tertiary/aromatic N) is 2. The lowest BCUT2D eigenvalue weighted by Crippen LogP contribution is -3.00. The molecule has 0 saturated heterocycles. The fourth-order valence-electron chi connectivity index (χ4n) is 5.54. The summed E-state index contributed by atoms with van der Waals surface area (Å²) in [4.78, 5) is 0. The molecule has 0 fully saturated rings. The first-order valence-electron chi connectivity index (χ1n) is 15.8. The molecule has 1 rings (SSSR count). The Morgan fingerprint density at radius 2 is 0.868 bits per heavy atom. The molecule has 0 N–H and O–H groups in total. The highest BCUT2D eigenvalue weighted by atomic mass is 35.5. The highest BCUT2D eigenvalue weighted by Crippen LogP contribution is 2.17. The topological polar surface area (TPSA) is 0 Å². The molecule has 0 atom stereocenters. The van der Waals surface area contributed by atoms with Crippen LogP contribution in [0.5, 0.6) is 0 Å². The Kier molecular flexibility index (Phi) is 24.6. The Morgan fingerprint density at radius 3 is 1.29 bits per heavy atom. The van der Waals surface area contributed by atoms with Gasteiger partial charge in [-0.15, -0.1) is 0 Å². The zero-order chi connectivity index (χ0) is 26.7. The van der Waals surface area contributed by atoms with Gasteiger partial charge in [-0.25, -0.2) is 0 Å². The first kappa shape index (κ1) is 39.9. The number of aryl methyl sites for hydroxylation is 3. The van der Waals surface area contributed by atoms with Crippen LogP contribution in [0.25, 0.3) is 0 Å². The van der Waals surface area contributed by atoms with Crippen LogP contribution in [0.4, 0.5) is 0 Å². The molecule has 226 valence electrons. The van der Waals surface area contributed by atoms with Crippen LogP contribution in [-0.4, -0.2) is 63.8 Å². The van der Waals surface area contributed by atoms with Crippen LogP contribution in [0.1, 0.15) is 126 Å². The number of hydrogen-bond acceptors (Lipinski definition) is 0. The van der Waals surface area contributed by atoms with E-state index in [9.17, 15) is 0 Å². The van der Waals surface area contributed by atoms with Crippen molar-refractivity contribution >= 4 is 0 Å². The van der Waals surface area contributed by atoms with Crippen LogP contribution in [0, 0.1) is 13.8 Å². The molecule has 0 aliphatic carbocycles. The second-order valence-corrected chi connectivity index (χ2v) is 13.6. The first-order valence-corrected chi connectivity index (χ1v) is 15.8. The van der Waals surface area contributed by atoms with E-state index in [1.54, 1.807) is 5.56 Å². The summed E-state index contributed by atoms with van der Waals surface area (Å²) in [6.45, 7) is 8.42. The van der Waals surface area contributed by atoms with E-state index in [0.29, 0.717) is 0 Å². The predicted octanol–water partition coefficient (Wildman–Crippen LogP) is 3.27. The normalized spacial score (nSPS) is 11.8. The van der Waals surface area contributed by atoms with Gasteiger partial charge >= 0.3 is 0 Å². The van der Waals surface area contributed by atoms with Crippen molar-refractivity contribution in [3.05, 3.63) is 34.9 Å². The van der Waals surface area contributed by atoms with Gasteiger partial charge in [0.25, 0.3) is 0 Å². The van der Waals surface area contributed by atoms with Gasteiger partial charge in [-0.1, -0.05) is 107 Å². The number of halogens is 2. The Labute approximate surface area is 252 Å². The van der Waals surface area contributed by atoms with Gasteiger partial charge in [0.2, 0.25) is 0 Å². The SMILES string of the molecule is Cc1ccc(CCCCCCCCCCCCCCCCCC[N+](C)(C)CCC[N+](C)(C)C)c(C)c1.[Cl-].[Cl-]. The third kappa shape index (κ3) is 23.6. The lowest BCUT2D eigenvalue weighted by atomic mass is 9.99. The third-order valence-corrected chi connectivity index (χ3v) is 8.05. The largest absolute Gasteiger partial charge is 1.00 e. The van der Waals surface area contributed by atoms with E-state index in [4.69, 9.17) is 0 Å². The maximum Gasteiger partial charge on any atom is 0.0836 e. The highest BCUT2D eigenvalue weighted by Gasteiger charge is 2.16. The first-order chi connectivity index (χ1) is 17.1. The van der Waals surface area contributed by atoms with Crippen molar-refractivity contribution in [1.29, 1.82) is 0 Å². The molecule has 38 heavy (non-hydrogen) atoms. The van der Waals surface area contributed by atoms with Gasteiger partial charge in [0.15, 0.2) is 0 Å². The lowest BCUT2D eigenvalue weighted by Gasteiger charge is -2.31. The maximum absolute atomic E-state index is 2.42. The Morgan fingerprint density at radius 1 is 0.474 bits per heavy atom. The molecule has 0 amide bonds. The van der Waals surface area contributed by atoms with Crippen molar-refractivity contribution < 1.29 is 33.8 Å². The van der Waals surface area contributed by atoms with Crippen molar-refractivity contribution in [3.63, 3.8) is 0 Å². The van der Waals surface area contributed by atoms with Gasteiger partial charge < -0.3 is 33.8 Å². The number of hydrogen-bond donors (Lipinski definition) is 0. The Balaban J connectivity index is 0. The summed E-state index contributed by atoms with van der Waals surface area (Å²) in [6, 6.07) is 6.93. The van der Waals surface area contributed by atoms with E-state index in [-0.39, 0.29) is 24.8 Å². The lowest BCUT2D eigenvalue weighted by molar-refractivity contribution is -0.902. The summed E-state index contributed by atoms with van der Waals surface area (Å²) in [5.41, 5.74) is 4.42. The Hall–Kier alpha value is -0.280. The zero-order valence-corrected chi connectivity index (χ0v) is 28.2. The molecule has 0 radical (unpaired) electrons. The van der Waals surface area contributed by atoms with Gasteiger partial charge in [-0.2, -0.15) is 0 Å². The fraction of sp³-hybridized carbons (Fsp3) is 0.824. The zero-order valence-electron chi connectivity index (χ0n) is 26.7. The number of unbranched alkanes of at least 4 members (excludes halogenated alkanes) is 15. The van der Waals surface area contributed by atoms with Crippen LogP contribution in [0.2, 0.25) is 0 Å². The van der Waals surface area contributed by atoms with Crippen LogP contribution in [0.3, 0.4) is 0 Å². The molecular weight excluding hydrogens is 507 g/mol. The third-order valence-electron chi connectivity index (χ3n) is 8.05. The average Bonchev–Trinajstić information content (AvgIpc) is 2.78. The molecule has 1 aromatic rings. The molecular formula is C34H66Cl2N2. The standard InChI is InChI=1S/C34H66N2.2ClH/c1-32-26-27-34(33(2)31-32)25-22-20-18-16-14-12-10-8-9-11-13-15-17-19-21-23-29-36(6,7)30-24-28-35(3,4)5;;/h26-27,31H,8-25,28-30H2,1-7H3;2*1H/q+2;;/p-2. The van der Waals surface area contributed by atoms with Crippen molar-refractivity contribution in [2.24, 2.45) is 0 Å². The maximum atomic E-state index is 2.42. The predicted molar refractivity (Wildman–Crippen MR) is 163 cm³/mol. The summed E-state index contributed by atoms with van der Waals surface area (Å²) >= 11 is 0. The minimum Gasteiger partial charge on any atom is -1.00 e. The molecule has 1 aromatic carbocycles. The molecule has 0 spiro atoms. The van der Waals surface area contributed by atoms with E-state index in [2.05, 4.69) is 67.3 Å². The van der Waals surface area contributed by atoms with Gasteiger partial charge in [0, 0.05) is 6.42 Å². The van der Waals surface area contributed by atoms with E-state index < -0.39 is 0 Å². The molecule has 0 aliphatic rings. The quantitative estimate of drug-likeness (QED) is 0.139. The molecule has 0 aromatic heterocycles. The monoisotopic (exact) mass is 572 g/mol. The van der Waals surface area contributed by atoms with Crippen molar-refractivity contribution in [1.82, 2.24) is 0 Å². The Bertz CT molecular complexity index is 667. The minimum absolute atomic E-state index is 0. The van der Waals surface area contributed by atoms with Crippen molar-refractivity contribution in [2.75, 3.05) is 54.9 Å². The van der Waals surface area contributed by atoms with E-state index in [1.807, 2.05) is 0 Å². The van der Waals surface area contributed by atoms with Crippen LogP contribution < -0.4 is 24.8 Å². The van der Waals surface area contributed by atoms with Crippen LogP contribution in [0.15, 0.2) is 18.2 Å². The van der Waals surface area contributed by atoms with Gasteiger partial charge in [-0.3, -0.25) is 0 Å². The van der Waals surface area contributed by atoms with Gasteiger partial charge in [0.05, 0.1) is 54.9 Å². The second-order valence-electron chi connectivity index (χ2n) is 13.6. The number of quaternary nitrogens is 2. The number of benzene rings is 1. The molecule has 0 bridgehead atoms. The molecule has 0 aliphatic heterocycles. The van der Waals surface area contributed by atoms with E-state index >= 15 is 0 Å².